The molecule has 0 aliphatic heterocycles. The molecular formula is C15H22BrN3O2. The number of nitrogens with one attached hydrogen (secondary N) is 2. The van der Waals surface area contributed by atoms with Crippen LogP contribution < -0.4 is 10.6 Å². The Balaban J connectivity index is 2.62. The smallest absolute Gasteiger partial charge is 0.241 e. The minimum atomic E-state index is -0.374. The van der Waals surface area contributed by atoms with E-state index in [0.29, 0.717) is 13.1 Å². The minimum Gasteiger partial charge on any atom is -0.355 e. The average molecular weight is 356 g/mol. The number of hydrogen-bond donors (Lipinski definition) is 2. The number of benzene rings is 1. The second-order valence-corrected chi connectivity index (χ2v) is 5.60. The van der Waals surface area contributed by atoms with Gasteiger partial charge in [0, 0.05) is 16.7 Å². The number of carbonyl (C=O) groups is 2. The Kier molecular flexibility index (Phi) is 7.39. The Labute approximate surface area is 134 Å². The first-order valence-electron chi connectivity index (χ1n) is 7.05. The molecule has 5 nitrogen and oxygen atoms in total. The molecule has 1 aromatic carbocycles. The standard InChI is InChI=1S/C15H22BrN3O2/c1-4-17-14(20)10-19(5-2)11(3)15(21)18-13-8-6-12(16)7-9-13/h6-9,11H,4-5,10H2,1-3H3,(H,17,20)(H,18,21)/t11-/m0/s1. The first-order valence-corrected chi connectivity index (χ1v) is 7.84. The van der Waals surface area contributed by atoms with Gasteiger partial charge in [0.2, 0.25) is 11.8 Å². The number of hydrogen-bond acceptors (Lipinski definition) is 3. The Bertz CT molecular complexity index is 476. The molecule has 1 aromatic rings. The second-order valence-electron chi connectivity index (χ2n) is 4.69. The van der Waals surface area contributed by atoms with Crippen LogP contribution in [0.1, 0.15) is 20.8 Å². The predicted molar refractivity (Wildman–Crippen MR) is 88.2 cm³/mol. The monoisotopic (exact) mass is 355 g/mol. The van der Waals surface area contributed by atoms with Crippen molar-refractivity contribution in [3.63, 3.8) is 0 Å². The largest absolute Gasteiger partial charge is 0.355 e. The second kappa shape index (κ2) is 8.79. The lowest BCUT2D eigenvalue weighted by Crippen LogP contribution is -2.46. The van der Waals surface area contributed by atoms with Gasteiger partial charge in [-0.1, -0.05) is 22.9 Å². The van der Waals surface area contributed by atoms with Crippen LogP contribution in [0.2, 0.25) is 0 Å². The van der Waals surface area contributed by atoms with E-state index in [9.17, 15) is 9.59 Å². The van der Waals surface area contributed by atoms with E-state index in [2.05, 4.69) is 26.6 Å². The summed E-state index contributed by atoms with van der Waals surface area (Å²) in [5.74, 6) is -0.189. The number of halogens is 1. The summed E-state index contributed by atoms with van der Waals surface area (Å²) in [5.41, 5.74) is 0.740. The van der Waals surface area contributed by atoms with Crippen molar-refractivity contribution in [2.24, 2.45) is 0 Å². The highest BCUT2D eigenvalue weighted by Gasteiger charge is 2.21. The Morgan fingerprint density at radius 2 is 1.86 bits per heavy atom. The third kappa shape index (κ3) is 5.85. The van der Waals surface area contributed by atoms with Gasteiger partial charge in [-0.25, -0.2) is 0 Å². The highest BCUT2D eigenvalue weighted by Crippen LogP contribution is 2.14. The molecular weight excluding hydrogens is 334 g/mol. The van der Waals surface area contributed by atoms with Crippen molar-refractivity contribution in [1.29, 1.82) is 0 Å². The van der Waals surface area contributed by atoms with E-state index in [-0.39, 0.29) is 24.4 Å². The topological polar surface area (TPSA) is 61.4 Å². The van der Waals surface area contributed by atoms with E-state index in [0.717, 1.165) is 10.2 Å². The molecule has 0 spiro atoms. The fourth-order valence-corrected chi connectivity index (χ4v) is 2.17. The molecule has 0 aliphatic carbocycles. The van der Waals surface area contributed by atoms with Gasteiger partial charge >= 0.3 is 0 Å². The molecule has 0 aliphatic rings. The number of rotatable bonds is 7. The van der Waals surface area contributed by atoms with Gasteiger partial charge in [0.25, 0.3) is 0 Å². The van der Waals surface area contributed by atoms with Crippen molar-refractivity contribution < 1.29 is 9.59 Å². The van der Waals surface area contributed by atoms with E-state index in [4.69, 9.17) is 0 Å². The van der Waals surface area contributed by atoms with Gasteiger partial charge in [-0.05, 0) is 44.7 Å². The zero-order valence-electron chi connectivity index (χ0n) is 12.6. The third-order valence-corrected chi connectivity index (χ3v) is 3.69. The van der Waals surface area contributed by atoms with Crippen LogP contribution in [0.3, 0.4) is 0 Å². The summed E-state index contributed by atoms with van der Waals surface area (Å²) < 4.78 is 0.958. The van der Waals surface area contributed by atoms with Crippen molar-refractivity contribution in [2.75, 3.05) is 25.0 Å². The summed E-state index contributed by atoms with van der Waals surface area (Å²) in [6.45, 7) is 7.05. The number of carbonyl (C=O) groups excluding carboxylic acids is 2. The maximum Gasteiger partial charge on any atom is 0.241 e. The SMILES string of the molecule is CCNC(=O)CN(CC)[C@@H](C)C(=O)Nc1ccc(Br)cc1. The molecule has 2 N–H and O–H groups in total. The van der Waals surface area contributed by atoms with Crippen LogP contribution in [0.4, 0.5) is 5.69 Å². The third-order valence-electron chi connectivity index (χ3n) is 3.17. The number of nitrogens with zero attached hydrogens (tertiary/aromatic N) is 1. The van der Waals surface area contributed by atoms with Crippen LogP contribution in [0.5, 0.6) is 0 Å². The van der Waals surface area contributed by atoms with Crippen LogP contribution >= 0.6 is 15.9 Å². The molecule has 2 amide bonds. The van der Waals surface area contributed by atoms with E-state index < -0.39 is 0 Å². The van der Waals surface area contributed by atoms with E-state index in [1.165, 1.54) is 0 Å². The van der Waals surface area contributed by atoms with E-state index >= 15 is 0 Å². The molecule has 0 fully saturated rings. The van der Waals surface area contributed by atoms with Gasteiger partial charge < -0.3 is 10.6 Å². The summed E-state index contributed by atoms with van der Waals surface area (Å²) in [6, 6.07) is 7.02. The number of amides is 2. The summed E-state index contributed by atoms with van der Waals surface area (Å²) in [7, 11) is 0. The molecule has 6 heteroatoms. The van der Waals surface area contributed by atoms with Gasteiger partial charge in [0.1, 0.15) is 0 Å². The van der Waals surface area contributed by atoms with Crippen molar-refractivity contribution >= 4 is 33.4 Å². The van der Waals surface area contributed by atoms with Crippen LogP contribution in [0.25, 0.3) is 0 Å². The highest BCUT2D eigenvalue weighted by atomic mass is 79.9. The highest BCUT2D eigenvalue weighted by molar-refractivity contribution is 9.10. The fraction of sp³-hybridized carbons (Fsp3) is 0.467. The van der Waals surface area contributed by atoms with Crippen molar-refractivity contribution in [3.05, 3.63) is 28.7 Å². The molecule has 0 saturated heterocycles. The molecule has 0 aromatic heterocycles. The van der Waals surface area contributed by atoms with Crippen molar-refractivity contribution in [2.45, 2.75) is 26.8 Å². The van der Waals surface area contributed by atoms with Crippen molar-refractivity contribution in [3.8, 4) is 0 Å². The van der Waals surface area contributed by atoms with Crippen molar-refractivity contribution in [1.82, 2.24) is 10.2 Å². The molecule has 0 unspecified atom stereocenters. The van der Waals surface area contributed by atoms with Gasteiger partial charge in [0.05, 0.1) is 12.6 Å². The Morgan fingerprint density at radius 1 is 1.24 bits per heavy atom. The zero-order valence-corrected chi connectivity index (χ0v) is 14.2. The average Bonchev–Trinajstić information content (AvgIpc) is 2.46. The maximum atomic E-state index is 12.2. The molecule has 0 heterocycles. The summed E-state index contributed by atoms with van der Waals surface area (Å²) >= 11 is 3.35. The van der Waals surface area contributed by atoms with Gasteiger partial charge in [0.15, 0.2) is 0 Å². The van der Waals surface area contributed by atoms with Gasteiger partial charge in [-0.2, -0.15) is 0 Å². The Hall–Kier alpha value is -1.40. The van der Waals surface area contributed by atoms with Gasteiger partial charge in [-0.3, -0.25) is 14.5 Å². The normalized spacial score (nSPS) is 12.0. The summed E-state index contributed by atoms with van der Waals surface area (Å²) in [4.78, 5) is 25.7. The fourth-order valence-electron chi connectivity index (χ4n) is 1.91. The molecule has 21 heavy (non-hydrogen) atoms. The first kappa shape index (κ1) is 17.7. The lowest BCUT2D eigenvalue weighted by molar-refractivity contribution is -0.125. The van der Waals surface area contributed by atoms with Crippen LogP contribution in [-0.4, -0.2) is 42.4 Å². The first-order chi connectivity index (χ1) is 9.97. The van der Waals surface area contributed by atoms with E-state index in [1.54, 1.807) is 6.92 Å². The van der Waals surface area contributed by atoms with Crippen LogP contribution in [0, 0.1) is 0 Å². The molecule has 1 atom stereocenters. The van der Waals surface area contributed by atoms with Crippen LogP contribution in [0.15, 0.2) is 28.7 Å². The quantitative estimate of drug-likeness (QED) is 0.788. The lowest BCUT2D eigenvalue weighted by atomic mass is 10.2. The zero-order chi connectivity index (χ0) is 15.8. The summed E-state index contributed by atoms with van der Waals surface area (Å²) in [6.07, 6.45) is 0. The number of anilines is 1. The molecule has 116 valence electrons. The summed E-state index contributed by atoms with van der Waals surface area (Å²) in [5, 5.41) is 5.60. The molecule has 0 bridgehead atoms. The lowest BCUT2D eigenvalue weighted by Gasteiger charge is -2.26. The minimum absolute atomic E-state index is 0.0670. The number of likely N-dealkylation sites (N-methyl/N-ethyl adjacent to an activating group) is 2. The maximum absolute atomic E-state index is 12.2. The van der Waals surface area contributed by atoms with Crippen LogP contribution in [-0.2, 0) is 9.59 Å². The van der Waals surface area contributed by atoms with E-state index in [1.807, 2.05) is 43.0 Å². The Morgan fingerprint density at radius 3 is 2.38 bits per heavy atom. The molecule has 1 rings (SSSR count). The molecule has 0 saturated carbocycles. The molecule has 0 radical (unpaired) electrons. The van der Waals surface area contributed by atoms with Gasteiger partial charge in [-0.15, -0.1) is 0 Å². The predicted octanol–water partition coefficient (Wildman–Crippen LogP) is 2.23.